The van der Waals surface area contributed by atoms with Crippen LogP contribution >= 0.6 is 0 Å². The van der Waals surface area contributed by atoms with E-state index in [0.29, 0.717) is 18.9 Å². The maximum Gasteiger partial charge on any atom is 0.410 e. The van der Waals surface area contributed by atoms with E-state index < -0.39 is 5.60 Å². The average molecular weight is 442 g/mol. The summed E-state index contributed by atoms with van der Waals surface area (Å²) in [7, 11) is 0. The number of nitrogens with one attached hydrogen (secondary N) is 2. The number of hydrogen-bond acceptors (Lipinski definition) is 5. The number of anilines is 2. The monoisotopic (exact) mass is 441 g/mol. The van der Waals surface area contributed by atoms with Crippen molar-refractivity contribution in [3.63, 3.8) is 0 Å². The molecule has 2 amide bonds. The van der Waals surface area contributed by atoms with Crippen LogP contribution in [0.2, 0.25) is 0 Å². The second-order valence-corrected chi connectivity index (χ2v) is 10.3. The van der Waals surface area contributed by atoms with Crippen LogP contribution in [0.5, 0.6) is 0 Å². The smallest absolute Gasteiger partial charge is 0.410 e. The van der Waals surface area contributed by atoms with Gasteiger partial charge in [-0.2, -0.15) is 5.10 Å². The molecule has 2 heterocycles. The molecule has 0 saturated carbocycles. The Morgan fingerprint density at radius 2 is 1.78 bits per heavy atom. The number of aromatic nitrogens is 2. The molecule has 32 heavy (non-hydrogen) atoms. The number of amides is 2. The standard InChI is InChI=1S/C24H35N5O3/c1-23(2,3)17-7-9-18(10-8-17)26-21(30)15-25-20-12-14-29(27-20)19-11-13-28(16-19)22(31)32-24(4,5)6/h7-10,12,14,19H,11,13,15-16H2,1-6H3,(H,25,27)(H,26,30). The van der Waals surface area contributed by atoms with E-state index in [1.807, 2.05) is 62.0 Å². The first kappa shape index (κ1) is 23.6. The van der Waals surface area contributed by atoms with Crippen LogP contribution in [0.3, 0.4) is 0 Å². The number of carbonyl (C=O) groups excluding carboxylic acids is 2. The lowest BCUT2D eigenvalue weighted by Gasteiger charge is -2.24. The summed E-state index contributed by atoms with van der Waals surface area (Å²) in [6.07, 6.45) is 2.39. The number of ether oxygens (including phenoxy) is 1. The van der Waals surface area contributed by atoms with Gasteiger partial charge in [0, 0.05) is 31.0 Å². The molecule has 1 unspecified atom stereocenters. The molecule has 0 radical (unpaired) electrons. The summed E-state index contributed by atoms with van der Waals surface area (Å²) in [5.74, 6) is 0.485. The molecule has 0 aliphatic carbocycles. The number of nitrogens with zero attached hydrogens (tertiary/aromatic N) is 3. The molecule has 1 atom stereocenters. The van der Waals surface area contributed by atoms with Crippen LogP contribution < -0.4 is 10.6 Å². The molecule has 8 heteroatoms. The lowest BCUT2D eigenvalue weighted by molar-refractivity contribution is -0.114. The number of rotatable bonds is 5. The van der Waals surface area contributed by atoms with E-state index >= 15 is 0 Å². The van der Waals surface area contributed by atoms with Crippen molar-refractivity contribution >= 4 is 23.5 Å². The van der Waals surface area contributed by atoms with Gasteiger partial charge < -0.3 is 20.3 Å². The summed E-state index contributed by atoms with van der Waals surface area (Å²) < 4.78 is 7.29. The number of carbonyl (C=O) groups is 2. The van der Waals surface area contributed by atoms with Crippen LogP contribution in [-0.2, 0) is 14.9 Å². The average Bonchev–Trinajstić information content (AvgIpc) is 3.34. The van der Waals surface area contributed by atoms with Crippen molar-refractivity contribution in [1.82, 2.24) is 14.7 Å². The Hall–Kier alpha value is -3.03. The first-order valence-electron chi connectivity index (χ1n) is 11.1. The van der Waals surface area contributed by atoms with Gasteiger partial charge in [-0.25, -0.2) is 4.79 Å². The van der Waals surface area contributed by atoms with Gasteiger partial charge in [0.25, 0.3) is 0 Å². The highest BCUT2D eigenvalue weighted by atomic mass is 16.6. The topological polar surface area (TPSA) is 88.5 Å². The van der Waals surface area contributed by atoms with Crippen molar-refractivity contribution in [2.24, 2.45) is 0 Å². The van der Waals surface area contributed by atoms with Gasteiger partial charge in [0.2, 0.25) is 5.91 Å². The summed E-state index contributed by atoms with van der Waals surface area (Å²) in [5.41, 5.74) is 1.55. The lowest BCUT2D eigenvalue weighted by Crippen LogP contribution is -2.35. The molecule has 3 rings (SSSR count). The number of benzene rings is 1. The van der Waals surface area contributed by atoms with Crippen molar-refractivity contribution in [2.45, 2.75) is 65.0 Å². The van der Waals surface area contributed by atoms with E-state index in [1.54, 1.807) is 4.90 Å². The van der Waals surface area contributed by atoms with Crippen molar-refractivity contribution < 1.29 is 14.3 Å². The van der Waals surface area contributed by atoms with Crippen LogP contribution in [0.15, 0.2) is 36.5 Å². The third-order valence-electron chi connectivity index (χ3n) is 5.26. The van der Waals surface area contributed by atoms with E-state index in [9.17, 15) is 9.59 Å². The number of hydrogen-bond donors (Lipinski definition) is 2. The number of likely N-dealkylation sites (tertiary alicyclic amines) is 1. The second-order valence-electron chi connectivity index (χ2n) is 10.3. The van der Waals surface area contributed by atoms with Crippen LogP contribution in [0.1, 0.15) is 59.6 Å². The van der Waals surface area contributed by atoms with E-state index in [4.69, 9.17) is 4.74 Å². The maximum absolute atomic E-state index is 12.3. The summed E-state index contributed by atoms with van der Waals surface area (Å²) in [4.78, 5) is 26.3. The molecule has 1 saturated heterocycles. The van der Waals surface area contributed by atoms with Gasteiger partial charge in [-0.3, -0.25) is 9.48 Å². The quantitative estimate of drug-likeness (QED) is 0.717. The van der Waals surface area contributed by atoms with Gasteiger partial charge in [-0.1, -0.05) is 32.9 Å². The lowest BCUT2D eigenvalue weighted by atomic mass is 9.87. The van der Waals surface area contributed by atoms with E-state index in [0.717, 1.165) is 12.1 Å². The SMILES string of the molecule is CC(C)(C)OC(=O)N1CCC(n2ccc(NCC(=O)Nc3ccc(C(C)(C)C)cc3)n2)C1. The van der Waals surface area contributed by atoms with Crippen LogP contribution in [0.25, 0.3) is 0 Å². The van der Waals surface area contributed by atoms with Crippen LogP contribution in [0.4, 0.5) is 16.3 Å². The predicted molar refractivity (Wildman–Crippen MR) is 126 cm³/mol. The Kier molecular flexibility index (Phi) is 6.81. The highest BCUT2D eigenvalue weighted by molar-refractivity contribution is 5.93. The molecule has 0 bridgehead atoms. The normalized spacial score (nSPS) is 16.7. The Morgan fingerprint density at radius 3 is 2.41 bits per heavy atom. The van der Waals surface area contributed by atoms with Crippen molar-refractivity contribution in [2.75, 3.05) is 30.3 Å². The van der Waals surface area contributed by atoms with Gasteiger partial charge >= 0.3 is 6.09 Å². The molecular formula is C24H35N5O3. The second kappa shape index (κ2) is 9.22. The minimum absolute atomic E-state index is 0.0756. The fourth-order valence-electron chi connectivity index (χ4n) is 3.52. The molecule has 1 aliphatic heterocycles. The third-order valence-corrected chi connectivity index (χ3v) is 5.26. The summed E-state index contributed by atoms with van der Waals surface area (Å²) >= 11 is 0. The van der Waals surface area contributed by atoms with Gasteiger partial charge in [0.1, 0.15) is 11.4 Å². The zero-order chi connectivity index (χ0) is 23.5. The molecule has 1 aromatic carbocycles. The molecule has 1 aliphatic rings. The zero-order valence-electron chi connectivity index (χ0n) is 19.9. The fourth-order valence-corrected chi connectivity index (χ4v) is 3.52. The first-order chi connectivity index (χ1) is 14.9. The Morgan fingerprint density at radius 1 is 1.09 bits per heavy atom. The minimum atomic E-state index is -0.507. The molecule has 0 spiro atoms. The summed E-state index contributed by atoms with van der Waals surface area (Å²) in [6.45, 7) is 13.4. The Balaban J connectivity index is 1.47. The highest BCUT2D eigenvalue weighted by Gasteiger charge is 2.31. The molecule has 8 nitrogen and oxygen atoms in total. The molecule has 2 aromatic rings. The Labute approximate surface area is 190 Å². The predicted octanol–water partition coefficient (Wildman–Crippen LogP) is 4.41. The Bertz CT molecular complexity index is 938. The molecule has 2 N–H and O–H groups in total. The summed E-state index contributed by atoms with van der Waals surface area (Å²) in [5, 5.41) is 10.5. The van der Waals surface area contributed by atoms with Crippen LogP contribution in [0, 0.1) is 0 Å². The first-order valence-corrected chi connectivity index (χ1v) is 11.1. The molecule has 174 valence electrons. The molecular weight excluding hydrogens is 406 g/mol. The van der Waals surface area contributed by atoms with Crippen molar-refractivity contribution in [1.29, 1.82) is 0 Å². The largest absolute Gasteiger partial charge is 0.444 e. The zero-order valence-corrected chi connectivity index (χ0v) is 19.9. The van der Waals surface area contributed by atoms with Crippen LogP contribution in [-0.4, -0.2) is 51.9 Å². The van der Waals surface area contributed by atoms with Gasteiger partial charge in [-0.05, 0) is 50.3 Å². The third kappa shape index (κ3) is 6.48. The van der Waals surface area contributed by atoms with Gasteiger partial charge in [0.05, 0.1) is 12.6 Å². The maximum atomic E-state index is 12.3. The molecule has 1 aromatic heterocycles. The van der Waals surface area contributed by atoms with Crippen molar-refractivity contribution in [3.05, 3.63) is 42.1 Å². The van der Waals surface area contributed by atoms with E-state index in [2.05, 4.69) is 36.5 Å². The van der Waals surface area contributed by atoms with E-state index in [1.165, 1.54) is 5.56 Å². The van der Waals surface area contributed by atoms with Crippen molar-refractivity contribution in [3.8, 4) is 0 Å². The molecule has 1 fully saturated rings. The van der Waals surface area contributed by atoms with Gasteiger partial charge in [-0.15, -0.1) is 0 Å². The van der Waals surface area contributed by atoms with E-state index in [-0.39, 0.29) is 30.0 Å². The highest BCUT2D eigenvalue weighted by Crippen LogP contribution is 2.25. The van der Waals surface area contributed by atoms with Gasteiger partial charge in [0.15, 0.2) is 0 Å². The minimum Gasteiger partial charge on any atom is -0.444 e. The summed E-state index contributed by atoms with van der Waals surface area (Å²) in [6, 6.07) is 9.84. The fraction of sp³-hybridized carbons (Fsp3) is 0.542.